The van der Waals surface area contributed by atoms with Gasteiger partial charge in [0.1, 0.15) is 17.1 Å². The summed E-state index contributed by atoms with van der Waals surface area (Å²) in [6.07, 6.45) is 3.23. The van der Waals surface area contributed by atoms with Crippen molar-refractivity contribution in [3.8, 4) is 0 Å². The van der Waals surface area contributed by atoms with Gasteiger partial charge in [-0.05, 0) is 0 Å². The van der Waals surface area contributed by atoms with Gasteiger partial charge in [-0.25, -0.2) is 9.55 Å². The number of hydrogen-bond acceptors (Lipinski definition) is 12. The van der Waals surface area contributed by atoms with Crippen molar-refractivity contribution in [2.75, 3.05) is 11.5 Å². The first-order chi connectivity index (χ1) is 16.7. The summed E-state index contributed by atoms with van der Waals surface area (Å²) in [7, 11) is 0. The molecule has 14 nitrogen and oxygen atoms in total. The molecule has 0 radical (unpaired) electrons. The van der Waals surface area contributed by atoms with Crippen molar-refractivity contribution in [3.05, 3.63) is 52.4 Å². The van der Waals surface area contributed by atoms with Gasteiger partial charge in [-0.3, -0.25) is 14.5 Å². The Labute approximate surface area is 205 Å². The van der Waals surface area contributed by atoms with Crippen LogP contribution in [0.25, 0.3) is 0 Å². The van der Waals surface area contributed by atoms with Crippen LogP contribution in [0.5, 0.6) is 0 Å². The van der Waals surface area contributed by atoms with Gasteiger partial charge < -0.3 is 37.1 Å². The molecule has 2 amide bonds. The highest BCUT2D eigenvalue weighted by molar-refractivity contribution is 8.00. The number of hydrogen-bond donors (Lipinski definition) is 5. The van der Waals surface area contributed by atoms with Crippen LogP contribution in [0.2, 0.25) is 0 Å². The molecule has 0 aromatic carbocycles. The van der Waals surface area contributed by atoms with Crippen molar-refractivity contribution in [1.29, 1.82) is 0 Å². The summed E-state index contributed by atoms with van der Waals surface area (Å²) in [5, 5.41) is 39.2. The Morgan fingerprint density at radius 2 is 2.03 bits per heavy atom. The van der Waals surface area contributed by atoms with Crippen LogP contribution in [-0.4, -0.2) is 66.8 Å². The maximum absolute atomic E-state index is 12.8. The zero-order valence-corrected chi connectivity index (χ0v) is 19.3. The van der Waals surface area contributed by atoms with E-state index in [1.54, 1.807) is 29.1 Å². The number of aliphatic carboxylic acids is 1. The molecule has 2 aliphatic rings. The molecule has 2 aliphatic heterocycles. The third kappa shape index (κ3) is 4.47. The van der Waals surface area contributed by atoms with Crippen LogP contribution >= 0.6 is 23.1 Å². The van der Waals surface area contributed by atoms with Gasteiger partial charge >= 0.3 is 0 Å². The molecule has 16 heteroatoms. The van der Waals surface area contributed by atoms with E-state index < -0.39 is 34.9 Å². The summed E-state index contributed by atoms with van der Waals surface area (Å²) in [5.41, 5.74) is 11.3. The number of carboxylic acid groups (broad SMARTS) is 1. The Balaban J connectivity index is 1.51. The van der Waals surface area contributed by atoms with Gasteiger partial charge in [0.25, 0.3) is 11.8 Å². The highest BCUT2D eigenvalue weighted by Gasteiger charge is 2.53. The number of amidine groups is 1. The van der Waals surface area contributed by atoms with E-state index >= 15 is 0 Å². The van der Waals surface area contributed by atoms with Crippen LogP contribution in [0.4, 0.5) is 5.13 Å². The highest BCUT2D eigenvalue weighted by atomic mass is 32.2. The van der Waals surface area contributed by atoms with Gasteiger partial charge in [-0.1, -0.05) is 10.3 Å². The lowest BCUT2D eigenvalue weighted by Gasteiger charge is -2.50. The smallest absolute Gasteiger partial charge is 0.276 e. The Bertz CT molecular complexity index is 1290. The first-order valence-corrected chi connectivity index (χ1v) is 11.8. The molecule has 0 bridgehead atoms. The van der Waals surface area contributed by atoms with Gasteiger partial charge in [0.05, 0.1) is 11.7 Å². The van der Waals surface area contributed by atoms with E-state index in [0.717, 1.165) is 16.2 Å². The monoisotopic (exact) mass is 518 g/mol. The van der Waals surface area contributed by atoms with E-state index in [9.17, 15) is 24.7 Å². The minimum Gasteiger partial charge on any atom is -0.543 e. The number of nitrogen functional groups attached to an aromatic ring is 1. The summed E-state index contributed by atoms with van der Waals surface area (Å²) in [6.45, 7) is 0.146. The minimum absolute atomic E-state index is 0.0418. The van der Waals surface area contributed by atoms with Crippen LogP contribution < -0.4 is 26.5 Å². The molecule has 1 fully saturated rings. The standard InChI is InChI=1S/C19H18N8O6S2/c20-14(25-33)8-1-3-26(4-2-8)5-9-6-34-17-12(16(29)27(17)13(9)18(30)31)23-15(28)11(24-32)10-7-35-19(21)22-10/h1-4,7,12,17H,5-6,20H2,(H5,21,22,23,28,30,31,32)/t12-,17-/m1/s1. The van der Waals surface area contributed by atoms with Crippen LogP contribution in [0.1, 0.15) is 11.3 Å². The average Bonchev–Trinajstić information content (AvgIpc) is 3.28. The quantitative estimate of drug-likeness (QED) is 0.0641. The number of rotatable bonds is 7. The number of β-lactam (4-membered cyclic amide) rings is 1. The van der Waals surface area contributed by atoms with Crippen molar-refractivity contribution in [3.63, 3.8) is 0 Å². The second-order valence-corrected chi connectivity index (χ2v) is 9.36. The number of anilines is 1. The molecule has 4 rings (SSSR count). The number of carboxylic acids is 1. The number of amides is 2. The Morgan fingerprint density at radius 1 is 1.31 bits per heavy atom. The Hall–Kier alpha value is -4.18. The van der Waals surface area contributed by atoms with Crippen LogP contribution in [-0.2, 0) is 20.9 Å². The fourth-order valence-corrected chi connectivity index (χ4v) is 5.51. The molecule has 2 atom stereocenters. The van der Waals surface area contributed by atoms with E-state index in [4.69, 9.17) is 16.7 Å². The Kier molecular flexibility index (Phi) is 6.57. The number of thiazole rings is 1. The van der Waals surface area contributed by atoms with E-state index in [1.165, 1.54) is 17.1 Å². The maximum atomic E-state index is 12.8. The van der Waals surface area contributed by atoms with Crippen molar-refractivity contribution in [1.82, 2.24) is 15.2 Å². The number of nitrogens with zero attached hydrogens (tertiary/aromatic N) is 5. The number of pyridine rings is 1. The molecule has 1 saturated heterocycles. The third-order valence-electron chi connectivity index (χ3n) is 5.27. The van der Waals surface area contributed by atoms with E-state index in [-0.39, 0.29) is 34.7 Å². The zero-order chi connectivity index (χ0) is 25.3. The summed E-state index contributed by atoms with van der Waals surface area (Å²) < 4.78 is 1.67. The van der Waals surface area contributed by atoms with E-state index in [0.29, 0.717) is 11.1 Å². The molecular weight excluding hydrogens is 500 g/mol. The van der Waals surface area contributed by atoms with Crippen LogP contribution in [0.15, 0.2) is 51.5 Å². The first kappa shape index (κ1) is 24.0. The minimum atomic E-state index is -1.52. The number of nitrogens with two attached hydrogens (primary N) is 2. The molecule has 2 aromatic heterocycles. The number of carbonyl (C=O) groups excluding carboxylic acids is 3. The number of nitrogens with one attached hydrogen (secondary N) is 1. The van der Waals surface area contributed by atoms with Crippen LogP contribution in [0.3, 0.4) is 0 Å². The molecule has 182 valence electrons. The molecule has 35 heavy (non-hydrogen) atoms. The molecular formula is C19H18N8O6S2. The van der Waals surface area contributed by atoms with Crippen molar-refractivity contribution >= 4 is 57.6 Å². The summed E-state index contributed by atoms with van der Waals surface area (Å²) in [5.74, 6) is -2.84. The van der Waals surface area contributed by atoms with Gasteiger partial charge in [-0.2, -0.15) is 0 Å². The lowest BCUT2D eigenvalue weighted by atomic mass is 10.0. The number of oxime groups is 2. The van der Waals surface area contributed by atoms with Gasteiger partial charge in [0, 0.05) is 34.4 Å². The summed E-state index contributed by atoms with van der Waals surface area (Å²) in [4.78, 5) is 42.3. The number of thioether (sulfide) groups is 1. The fraction of sp³-hybridized carbons (Fsp3) is 0.211. The predicted octanol–water partition coefficient (Wildman–Crippen LogP) is -2.61. The second-order valence-electron chi connectivity index (χ2n) is 7.36. The lowest BCUT2D eigenvalue weighted by molar-refractivity contribution is -0.689. The maximum Gasteiger partial charge on any atom is 0.276 e. The highest BCUT2D eigenvalue weighted by Crippen LogP contribution is 2.40. The van der Waals surface area contributed by atoms with Crippen LogP contribution in [0, 0.1) is 0 Å². The van der Waals surface area contributed by atoms with E-state index in [2.05, 4.69) is 20.6 Å². The second kappa shape index (κ2) is 9.59. The summed E-state index contributed by atoms with van der Waals surface area (Å²) in [6, 6.07) is 2.14. The predicted molar refractivity (Wildman–Crippen MR) is 121 cm³/mol. The van der Waals surface area contributed by atoms with Gasteiger partial charge in [0.15, 0.2) is 35.6 Å². The van der Waals surface area contributed by atoms with Crippen molar-refractivity contribution in [2.45, 2.75) is 18.0 Å². The Morgan fingerprint density at radius 3 is 2.60 bits per heavy atom. The van der Waals surface area contributed by atoms with E-state index in [1.807, 2.05) is 0 Å². The number of aromatic nitrogens is 2. The SMILES string of the molecule is N/C(=N/O)c1cc[n+](CC2=C(C(=O)[O-])N3C(=O)[C@@H](NC(=O)/C(=N\O)c4csc(N)n4)[C@H]3SC2)cc1. The zero-order valence-electron chi connectivity index (χ0n) is 17.7. The summed E-state index contributed by atoms with van der Waals surface area (Å²) >= 11 is 2.31. The van der Waals surface area contributed by atoms with Crippen molar-refractivity contribution < 1.29 is 34.5 Å². The van der Waals surface area contributed by atoms with Crippen molar-refractivity contribution in [2.24, 2.45) is 16.0 Å². The molecule has 0 saturated carbocycles. The molecule has 4 heterocycles. The largest absolute Gasteiger partial charge is 0.543 e. The lowest BCUT2D eigenvalue weighted by Crippen LogP contribution is -2.71. The fourth-order valence-electron chi connectivity index (χ4n) is 3.62. The first-order valence-electron chi connectivity index (χ1n) is 9.84. The normalized spacial score (nSPS) is 20.3. The average molecular weight is 519 g/mol. The molecule has 0 aliphatic carbocycles. The molecule has 0 unspecified atom stereocenters. The molecule has 2 aromatic rings. The number of carbonyl (C=O) groups is 3. The third-order valence-corrected chi connectivity index (χ3v) is 7.29. The topological polar surface area (TPSA) is 224 Å². The number of fused-ring (bicyclic) bond motifs is 1. The molecule has 7 N–H and O–H groups in total. The van der Waals surface area contributed by atoms with Gasteiger partial charge in [0.2, 0.25) is 0 Å². The van der Waals surface area contributed by atoms with Gasteiger partial charge in [-0.15, -0.1) is 23.1 Å². The molecule has 0 spiro atoms.